The highest BCUT2D eigenvalue weighted by Gasteiger charge is 1.97. The van der Waals surface area contributed by atoms with Gasteiger partial charge in [0.1, 0.15) is 5.82 Å². The van der Waals surface area contributed by atoms with E-state index in [1.165, 1.54) is 0 Å². The van der Waals surface area contributed by atoms with Gasteiger partial charge in [0, 0.05) is 5.69 Å². The van der Waals surface area contributed by atoms with E-state index in [-0.39, 0.29) is 0 Å². The maximum absolute atomic E-state index is 4.24. The molecule has 0 aliphatic carbocycles. The monoisotopic (exact) mass is 177 g/mol. The molecule has 0 saturated heterocycles. The number of aromatic nitrogens is 3. The first kappa shape index (κ1) is 9.71. The Labute approximate surface area is 78.4 Å². The summed E-state index contributed by atoms with van der Waals surface area (Å²) in [4.78, 5) is 4.09. The van der Waals surface area contributed by atoms with Crippen molar-refractivity contribution in [1.82, 2.24) is 14.6 Å². The van der Waals surface area contributed by atoms with Crippen LogP contribution in [0.1, 0.15) is 25.4 Å². The molecule has 0 saturated carbocycles. The van der Waals surface area contributed by atoms with Crippen molar-refractivity contribution in [1.29, 1.82) is 0 Å². The first-order valence-electron chi connectivity index (χ1n) is 4.55. The molecule has 3 heteroatoms. The van der Waals surface area contributed by atoms with Gasteiger partial charge < -0.3 is 0 Å². The van der Waals surface area contributed by atoms with Crippen molar-refractivity contribution in [3.63, 3.8) is 0 Å². The van der Waals surface area contributed by atoms with E-state index in [1.54, 1.807) is 0 Å². The van der Waals surface area contributed by atoms with Gasteiger partial charge in [0.15, 0.2) is 0 Å². The molecule has 2 rings (SSSR count). The smallest absolute Gasteiger partial charge is 0.146 e. The summed E-state index contributed by atoms with van der Waals surface area (Å²) in [5.41, 5.74) is 2.19. The number of hydrogen-bond acceptors (Lipinski definition) is 2. The lowest BCUT2D eigenvalue weighted by atomic mass is 10.5. The van der Waals surface area contributed by atoms with E-state index in [4.69, 9.17) is 0 Å². The average Bonchev–Trinajstić information content (AvgIpc) is 2.52. The summed E-state index contributed by atoms with van der Waals surface area (Å²) >= 11 is 0. The molecule has 70 valence electrons. The van der Waals surface area contributed by atoms with E-state index in [0.717, 1.165) is 17.0 Å². The van der Waals surface area contributed by atoms with Crippen LogP contribution in [0.4, 0.5) is 0 Å². The van der Waals surface area contributed by atoms with Crippen LogP contribution in [0.2, 0.25) is 0 Å². The molecule has 0 radical (unpaired) electrons. The van der Waals surface area contributed by atoms with E-state index < -0.39 is 0 Å². The number of fused-ring (bicyclic) bond motifs is 1. The Kier molecular flexibility index (Phi) is 3.01. The van der Waals surface area contributed by atoms with Crippen molar-refractivity contribution in [2.45, 2.75) is 27.7 Å². The van der Waals surface area contributed by atoms with Crippen molar-refractivity contribution < 1.29 is 0 Å². The molecule has 0 bridgehead atoms. The van der Waals surface area contributed by atoms with Gasteiger partial charge in [-0.25, -0.2) is 9.50 Å². The van der Waals surface area contributed by atoms with E-state index in [0.29, 0.717) is 0 Å². The SMILES string of the molecule is CC.Cc1ncc2ccc(C)n2n1. The second-order valence-electron chi connectivity index (χ2n) is 2.62. The largest absolute Gasteiger partial charge is 0.238 e. The molecular formula is C10H15N3. The minimum absolute atomic E-state index is 0.803. The molecule has 13 heavy (non-hydrogen) atoms. The maximum atomic E-state index is 4.24. The predicted octanol–water partition coefficient (Wildman–Crippen LogP) is 2.37. The molecule has 0 aliphatic heterocycles. The van der Waals surface area contributed by atoms with Gasteiger partial charge in [0.05, 0.1) is 11.7 Å². The summed E-state index contributed by atoms with van der Waals surface area (Å²) in [5, 5.41) is 4.24. The maximum Gasteiger partial charge on any atom is 0.146 e. The molecule has 0 fully saturated rings. The van der Waals surface area contributed by atoms with Crippen LogP contribution in [0.25, 0.3) is 5.52 Å². The minimum atomic E-state index is 0.803. The number of rotatable bonds is 0. The standard InChI is InChI=1S/C8H9N3.C2H6/c1-6-3-4-8-5-9-7(2)10-11(6)8;1-2/h3-5H,1-2H3;1-2H3. The lowest BCUT2D eigenvalue weighted by molar-refractivity contribution is 0.832. The van der Waals surface area contributed by atoms with Gasteiger partial charge in [-0.1, -0.05) is 13.8 Å². The van der Waals surface area contributed by atoms with Crippen LogP contribution >= 0.6 is 0 Å². The van der Waals surface area contributed by atoms with Crippen molar-refractivity contribution in [3.8, 4) is 0 Å². The highest BCUT2D eigenvalue weighted by molar-refractivity contribution is 5.45. The first-order chi connectivity index (χ1) is 6.27. The summed E-state index contributed by atoms with van der Waals surface area (Å²) in [6.07, 6.45) is 1.83. The zero-order valence-electron chi connectivity index (χ0n) is 8.57. The van der Waals surface area contributed by atoms with E-state index in [9.17, 15) is 0 Å². The number of hydrogen-bond donors (Lipinski definition) is 0. The molecule has 0 N–H and O–H groups in total. The quantitative estimate of drug-likeness (QED) is 0.618. The van der Waals surface area contributed by atoms with Crippen molar-refractivity contribution >= 4 is 5.52 Å². The number of aryl methyl sites for hydroxylation is 2. The van der Waals surface area contributed by atoms with Gasteiger partial charge >= 0.3 is 0 Å². The summed E-state index contributed by atoms with van der Waals surface area (Å²) in [7, 11) is 0. The molecule has 2 aromatic rings. The lowest BCUT2D eigenvalue weighted by Crippen LogP contribution is -1.97. The Morgan fingerprint density at radius 1 is 1.15 bits per heavy atom. The van der Waals surface area contributed by atoms with Gasteiger partial charge in [-0.2, -0.15) is 5.10 Å². The Morgan fingerprint density at radius 3 is 2.54 bits per heavy atom. The highest BCUT2D eigenvalue weighted by Crippen LogP contribution is 2.05. The fourth-order valence-corrected chi connectivity index (χ4v) is 1.12. The molecule has 2 aromatic heterocycles. The third-order valence-corrected chi connectivity index (χ3v) is 1.70. The third kappa shape index (κ3) is 1.86. The van der Waals surface area contributed by atoms with Crippen LogP contribution in [-0.2, 0) is 0 Å². The zero-order valence-corrected chi connectivity index (χ0v) is 8.57. The van der Waals surface area contributed by atoms with E-state index in [1.807, 2.05) is 50.5 Å². The topological polar surface area (TPSA) is 30.2 Å². The van der Waals surface area contributed by atoms with Gasteiger partial charge in [0.2, 0.25) is 0 Å². The Hall–Kier alpha value is -1.38. The van der Waals surface area contributed by atoms with Gasteiger partial charge in [-0.05, 0) is 26.0 Å². The Morgan fingerprint density at radius 2 is 1.85 bits per heavy atom. The minimum Gasteiger partial charge on any atom is -0.238 e. The highest BCUT2D eigenvalue weighted by atomic mass is 15.2. The molecule has 0 atom stereocenters. The fraction of sp³-hybridized carbons (Fsp3) is 0.400. The van der Waals surface area contributed by atoms with Gasteiger partial charge in [-0.3, -0.25) is 0 Å². The molecule has 0 spiro atoms. The normalized spacial score (nSPS) is 9.54. The first-order valence-corrected chi connectivity index (χ1v) is 4.55. The third-order valence-electron chi connectivity index (χ3n) is 1.70. The average molecular weight is 177 g/mol. The van der Waals surface area contributed by atoms with Crippen LogP contribution in [0, 0.1) is 13.8 Å². The van der Waals surface area contributed by atoms with E-state index >= 15 is 0 Å². The fourth-order valence-electron chi connectivity index (χ4n) is 1.12. The van der Waals surface area contributed by atoms with Crippen LogP contribution < -0.4 is 0 Å². The van der Waals surface area contributed by atoms with Crippen molar-refractivity contribution in [3.05, 3.63) is 29.8 Å². The van der Waals surface area contributed by atoms with Gasteiger partial charge in [-0.15, -0.1) is 0 Å². The molecule has 2 heterocycles. The lowest BCUT2D eigenvalue weighted by Gasteiger charge is -1.95. The van der Waals surface area contributed by atoms with E-state index in [2.05, 4.69) is 10.1 Å². The molecule has 3 nitrogen and oxygen atoms in total. The molecule has 0 amide bonds. The number of nitrogens with zero attached hydrogens (tertiary/aromatic N) is 3. The van der Waals surface area contributed by atoms with Crippen LogP contribution in [0.3, 0.4) is 0 Å². The molecule has 0 unspecified atom stereocenters. The summed E-state index contributed by atoms with van der Waals surface area (Å²) < 4.78 is 1.89. The zero-order chi connectivity index (χ0) is 9.84. The van der Waals surface area contributed by atoms with Crippen LogP contribution in [0.5, 0.6) is 0 Å². The predicted molar refractivity (Wildman–Crippen MR) is 53.8 cm³/mol. The van der Waals surface area contributed by atoms with Crippen LogP contribution in [0.15, 0.2) is 18.3 Å². The molecule has 0 aromatic carbocycles. The molecule has 0 aliphatic rings. The van der Waals surface area contributed by atoms with Gasteiger partial charge in [0.25, 0.3) is 0 Å². The van der Waals surface area contributed by atoms with Crippen molar-refractivity contribution in [2.24, 2.45) is 0 Å². The summed E-state index contributed by atoms with van der Waals surface area (Å²) in [6.45, 7) is 7.92. The Bertz CT molecular complexity index is 390. The second-order valence-corrected chi connectivity index (χ2v) is 2.62. The van der Waals surface area contributed by atoms with Crippen molar-refractivity contribution in [2.75, 3.05) is 0 Å². The summed E-state index contributed by atoms with van der Waals surface area (Å²) in [5.74, 6) is 0.803. The summed E-state index contributed by atoms with van der Waals surface area (Å²) in [6, 6.07) is 4.04. The molecular weight excluding hydrogens is 162 g/mol. The Balaban J connectivity index is 0.000000396. The van der Waals surface area contributed by atoms with Crippen LogP contribution in [-0.4, -0.2) is 14.6 Å². The second kappa shape index (κ2) is 4.03.